The van der Waals surface area contributed by atoms with Gasteiger partial charge in [-0.3, -0.25) is 25.2 Å². The summed E-state index contributed by atoms with van der Waals surface area (Å²) in [7, 11) is 0. The van der Waals surface area contributed by atoms with Gasteiger partial charge in [0.15, 0.2) is 6.10 Å². The zero-order valence-corrected chi connectivity index (χ0v) is 20.0. The largest absolute Gasteiger partial charge is 0.481 e. The van der Waals surface area contributed by atoms with Crippen LogP contribution in [0.15, 0.2) is 78.9 Å². The van der Waals surface area contributed by atoms with E-state index in [0.29, 0.717) is 29.8 Å². The van der Waals surface area contributed by atoms with Crippen molar-refractivity contribution >= 4 is 23.4 Å². The second-order valence-electron chi connectivity index (χ2n) is 8.08. The molecule has 7 nitrogen and oxygen atoms in total. The minimum absolute atomic E-state index is 0.0587. The van der Waals surface area contributed by atoms with Gasteiger partial charge in [0.1, 0.15) is 5.75 Å². The van der Waals surface area contributed by atoms with E-state index in [1.54, 1.807) is 24.3 Å². The smallest absolute Gasteiger partial charge is 0.279 e. The van der Waals surface area contributed by atoms with E-state index in [4.69, 9.17) is 4.74 Å². The number of anilines is 1. The SMILES string of the molecule is CCCCC(=O)Nc1ccc(C(=O)NNC(=O)C(CC)Oc2ccc(-c3ccccc3)cc2)cc1. The highest BCUT2D eigenvalue weighted by Crippen LogP contribution is 2.23. The quantitative estimate of drug-likeness (QED) is 0.357. The summed E-state index contributed by atoms with van der Waals surface area (Å²) in [5.74, 6) is -0.414. The Kier molecular flexibility index (Phi) is 9.42. The Morgan fingerprint density at radius 2 is 1.46 bits per heavy atom. The van der Waals surface area contributed by atoms with Crippen molar-refractivity contribution < 1.29 is 19.1 Å². The van der Waals surface area contributed by atoms with Crippen molar-refractivity contribution in [1.29, 1.82) is 0 Å². The van der Waals surface area contributed by atoms with E-state index in [9.17, 15) is 14.4 Å². The van der Waals surface area contributed by atoms with E-state index in [0.717, 1.165) is 24.0 Å². The van der Waals surface area contributed by atoms with E-state index < -0.39 is 17.9 Å². The molecule has 3 N–H and O–H groups in total. The van der Waals surface area contributed by atoms with Gasteiger partial charge in [0, 0.05) is 17.7 Å². The Bertz CT molecular complexity index is 1110. The highest BCUT2D eigenvalue weighted by molar-refractivity contribution is 5.97. The molecule has 3 rings (SSSR count). The number of unbranched alkanes of at least 4 members (excludes halogenated alkanes) is 1. The number of hydrogen-bond acceptors (Lipinski definition) is 4. The van der Waals surface area contributed by atoms with Gasteiger partial charge in [-0.25, -0.2) is 0 Å². The van der Waals surface area contributed by atoms with Crippen LogP contribution in [0.1, 0.15) is 49.9 Å². The fraction of sp³-hybridized carbons (Fsp3) is 0.250. The van der Waals surface area contributed by atoms with Crippen LogP contribution in [-0.2, 0) is 9.59 Å². The van der Waals surface area contributed by atoms with Crippen molar-refractivity contribution in [3.8, 4) is 16.9 Å². The van der Waals surface area contributed by atoms with Crippen LogP contribution in [0.5, 0.6) is 5.75 Å². The molecule has 182 valence electrons. The van der Waals surface area contributed by atoms with Crippen LogP contribution in [-0.4, -0.2) is 23.8 Å². The average Bonchev–Trinajstić information content (AvgIpc) is 2.90. The number of benzene rings is 3. The topological polar surface area (TPSA) is 96.5 Å². The van der Waals surface area contributed by atoms with Crippen LogP contribution in [0.4, 0.5) is 5.69 Å². The summed E-state index contributed by atoms with van der Waals surface area (Å²) in [5, 5.41) is 2.79. The average molecular weight is 474 g/mol. The van der Waals surface area contributed by atoms with Crippen LogP contribution in [0.25, 0.3) is 11.1 Å². The van der Waals surface area contributed by atoms with Gasteiger partial charge in [0.2, 0.25) is 5.91 Å². The molecule has 1 unspecified atom stereocenters. The highest BCUT2D eigenvalue weighted by atomic mass is 16.5. The molecule has 0 heterocycles. The first kappa shape index (κ1) is 25.5. The Labute approximate surface area is 205 Å². The van der Waals surface area contributed by atoms with Crippen molar-refractivity contribution in [2.24, 2.45) is 0 Å². The monoisotopic (exact) mass is 473 g/mol. The molecule has 0 spiro atoms. The molecule has 3 aromatic carbocycles. The molecule has 1 atom stereocenters. The summed E-state index contributed by atoms with van der Waals surface area (Å²) in [5.41, 5.74) is 7.95. The number of hydrogen-bond donors (Lipinski definition) is 3. The highest BCUT2D eigenvalue weighted by Gasteiger charge is 2.19. The van der Waals surface area contributed by atoms with E-state index in [1.165, 1.54) is 0 Å². The summed E-state index contributed by atoms with van der Waals surface area (Å²) in [6.45, 7) is 3.86. The number of ether oxygens (including phenoxy) is 1. The van der Waals surface area contributed by atoms with Gasteiger partial charge in [-0.05, 0) is 60.4 Å². The van der Waals surface area contributed by atoms with Crippen molar-refractivity contribution in [1.82, 2.24) is 10.9 Å². The van der Waals surface area contributed by atoms with E-state index in [1.807, 2.05) is 68.4 Å². The first-order valence-electron chi connectivity index (χ1n) is 11.8. The molecular formula is C28H31N3O4. The number of amides is 3. The molecule has 0 bridgehead atoms. The zero-order chi connectivity index (χ0) is 25.0. The molecule has 0 saturated heterocycles. The summed E-state index contributed by atoms with van der Waals surface area (Å²) in [4.78, 5) is 36.8. The number of hydrazine groups is 1. The van der Waals surface area contributed by atoms with Gasteiger partial charge in [0.05, 0.1) is 0 Å². The first-order chi connectivity index (χ1) is 17.0. The van der Waals surface area contributed by atoms with Crippen molar-refractivity contribution in [3.63, 3.8) is 0 Å². The summed E-state index contributed by atoms with van der Waals surface area (Å²) < 4.78 is 5.83. The number of nitrogens with one attached hydrogen (secondary N) is 3. The van der Waals surface area contributed by atoms with E-state index in [2.05, 4.69) is 16.2 Å². The lowest BCUT2D eigenvalue weighted by Crippen LogP contribution is -2.47. The van der Waals surface area contributed by atoms with E-state index in [-0.39, 0.29) is 5.91 Å². The lowest BCUT2D eigenvalue weighted by Gasteiger charge is -2.18. The molecule has 0 aliphatic rings. The maximum atomic E-state index is 12.6. The lowest BCUT2D eigenvalue weighted by atomic mass is 10.1. The van der Waals surface area contributed by atoms with E-state index >= 15 is 0 Å². The predicted molar refractivity (Wildman–Crippen MR) is 137 cm³/mol. The molecule has 7 heteroatoms. The molecule has 0 aromatic heterocycles. The van der Waals surface area contributed by atoms with Gasteiger partial charge in [-0.15, -0.1) is 0 Å². The summed E-state index contributed by atoms with van der Waals surface area (Å²) in [6.07, 6.45) is 1.89. The molecule has 35 heavy (non-hydrogen) atoms. The van der Waals surface area contributed by atoms with Crippen LogP contribution in [0, 0.1) is 0 Å². The molecule has 0 saturated carbocycles. The minimum atomic E-state index is -0.765. The molecule has 0 fully saturated rings. The van der Waals surface area contributed by atoms with Crippen LogP contribution >= 0.6 is 0 Å². The van der Waals surface area contributed by atoms with Crippen molar-refractivity contribution in [3.05, 3.63) is 84.4 Å². The standard InChI is InChI=1S/C28H31N3O4/c1-3-5-11-26(32)29-23-16-12-22(13-17-23)27(33)30-31-28(34)25(4-2)35-24-18-14-21(15-19-24)20-9-7-6-8-10-20/h6-10,12-19,25H,3-5,11H2,1-2H3,(H,29,32)(H,30,33)(H,31,34). The maximum absolute atomic E-state index is 12.6. The molecule has 0 aliphatic carbocycles. The fourth-order valence-electron chi connectivity index (χ4n) is 3.38. The normalized spacial score (nSPS) is 11.3. The molecule has 0 radical (unpaired) electrons. The molecule has 3 aromatic rings. The van der Waals surface area contributed by atoms with Crippen LogP contribution in [0.3, 0.4) is 0 Å². The Morgan fingerprint density at radius 1 is 0.800 bits per heavy atom. The van der Waals surface area contributed by atoms with Crippen LogP contribution in [0.2, 0.25) is 0 Å². The second-order valence-corrected chi connectivity index (χ2v) is 8.08. The predicted octanol–water partition coefficient (Wildman–Crippen LogP) is 5.10. The van der Waals surface area contributed by atoms with Gasteiger partial charge in [-0.2, -0.15) is 0 Å². The summed E-state index contributed by atoms with van der Waals surface area (Å²) >= 11 is 0. The Balaban J connectivity index is 1.50. The number of rotatable bonds is 10. The number of carbonyl (C=O) groups is 3. The lowest BCUT2D eigenvalue weighted by molar-refractivity contribution is -0.128. The Hall–Kier alpha value is -4.13. The zero-order valence-electron chi connectivity index (χ0n) is 20.0. The van der Waals surface area contributed by atoms with Crippen molar-refractivity contribution in [2.45, 2.75) is 45.6 Å². The fourth-order valence-corrected chi connectivity index (χ4v) is 3.38. The molecule has 3 amide bonds. The maximum Gasteiger partial charge on any atom is 0.279 e. The van der Waals surface area contributed by atoms with Crippen LogP contribution < -0.4 is 20.9 Å². The van der Waals surface area contributed by atoms with Gasteiger partial charge in [-0.1, -0.05) is 62.7 Å². The van der Waals surface area contributed by atoms with Gasteiger partial charge >= 0.3 is 0 Å². The molecule has 0 aliphatic heterocycles. The second kappa shape index (κ2) is 12.9. The third kappa shape index (κ3) is 7.71. The van der Waals surface area contributed by atoms with Gasteiger partial charge < -0.3 is 10.1 Å². The molecular weight excluding hydrogens is 442 g/mol. The van der Waals surface area contributed by atoms with Crippen molar-refractivity contribution in [2.75, 3.05) is 5.32 Å². The van der Waals surface area contributed by atoms with Gasteiger partial charge in [0.25, 0.3) is 11.8 Å². The third-order valence-electron chi connectivity index (χ3n) is 5.39. The Morgan fingerprint density at radius 3 is 2.09 bits per heavy atom. The third-order valence-corrected chi connectivity index (χ3v) is 5.39. The first-order valence-corrected chi connectivity index (χ1v) is 11.8. The summed E-state index contributed by atoms with van der Waals surface area (Å²) in [6, 6.07) is 24.0. The number of carbonyl (C=O) groups excluding carboxylic acids is 3. The minimum Gasteiger partial charge on any atom is -0.481 e.